The molecule has 0 aromatic rings. The Hall–Kier alpha value is -3.93. The van der Waals surface area contributed by atoms with Crippen LogP contribution < -0.4 is 0 Å². The average molecular weight is 943 g/mol. The molecule has 0 aliphatic rings. The van der Waals surface area contributed by atoms with Crippen LogP contribution in [0.1, 0.15) is 245 Å². The molecule has 386 valence electrons. The Bertz CT molecular complexity index is 1410. The SMILES string of the molecule is CC/C=C\C/C=C\C/C=C\C/C=C\C/C=C\C/C=C\CCCCCCCCCCCCCCC(=O)OCC(COC(=O)CCCCCCCC)OC(=O)CCCCC/C=C\C/C=C\C/C=C\CC. The third-order valence-electron chi connectivity index (χ3n) is 11.5. The maximum absolute atomic E-state index is 12.7. The molecule has 1 atom stereocenters. The minimum absolute atomic E-state index is 0.0904. The normalized spacial score (nSPS) is 12.9. The maximum Gasteiger partial charge on any atom is 0.306 e. The molecule has 0 saturated heterocycles. The van der Waals surface area contributed by atoms with Crippen molar-refractivity contribution in [1.29, 1.82) is 0 Å². The molecule has 68 heavy (non-hydrogen) atoms. The molecule has 6 nitrogen and oxygen atoms in total. The molecule has 0 bridgehead atoms. The zero-order valence-electron chi connectivity index (χ0n) is 44.1. The Morgan fingerprint density at radius 2 is 0.574 bits per heavy atom. The van der Waals surface area contributed by atoms with Gasteiger partial charge in [0.2, 0.25) is 0 Å². The van der Waals surface area contributed by atoms with Gasteiger partial charge in [0.25, 0.3) is 0 Å². The Labute approximate surface area is 419 Å². The van der Waals surface area contributed by atoms with Crippen LogP contribution in [0.2, 0.25) is 0 Å². The summed E-state index contributed by atoms with van der Waals surface area (Å²) in [6.07, 6.45) is 75.5. The minimum atomic E-state index is -0.790. The molecule has 0 saturated carbocycles. The van der Waals surface area contributed by atoms with Crippen LogP contribution in [0, 0.1) is 0 Å². The first-order chi connectivity index (χ1) is 33.5. The van der Waals surface area contributed by atoms with Gasteiger partial charge < -0.3 is 14.2 Å². The van der Waals surface area contributed by atoms with Gasteiger partial charge in [-0.1, -0.05) is 233 Å². The van der Waals surface area contributed by atoms with Crippen molar-refractivity contribution in [3.63, 3.8) is 0 Å². The Morgan fingerprint density at radius 1 is 0.309 bits per heavy atom. The number of carbonyl (C=O) groups excluding carboxylic acids is 3. The molecule has 6 heteroatoms. The first-order valence-electron chi connectivity index (χ1n) is 27.9. The first kappa shape index (κ1) is 64.1. The zero-order chi connectivity index (χ0) is 49.3. The van der Waals surface area contributed by atoms with Crippen molar-refractivity contribution in [3.8, 4) is 0 Å². The summed E-state index contributed by atoms with van der Waals surface area (Å²) in [6, 6.07) is 0. The van der Waals surface area contributed by atoms with Crippen molar-refractivity contribution in [2.75, 3.05) is 13.2 Å². The summed E-state index contributed by atoms with van der Waals surface area (Å²) in [5.74, 6) is -0.935. The number of esters is 3. The van der Waals surface area contributed by atoms with Crippen LogP contribution in [0.15, 0.2) is 109 Å². The van der Waals surface area contributed by atoms with Crippen molar-refractivity contribution in [1.82, 2.24) is 0 Å². The van der Waals surface area contributed by atoms with Gasteiger partial charge in [-0.2, -0.15) is 0 Å². The third kappa shape index (κ3) is 53.0. The molecule has 1 unspecified atom stereocenters. The van der Waals surface area contributed by atoms with E-state index in [0.717, 1.165) is 122 Å². The van der Waals surface area contributed by atoms with Gasteiger partial charge in [0, 0.05) is 19.3 Å². The predicted molar refractivity (Wildman–Crippen MR) is 293 cm³/mol. The summed E-state index contributed by atoms with van der Waals surface area (Å²) in [6.45, 7) is 6.31. The van der Waals surface area contributed by atoms with E-state index < -0.39 is 6.10 Å². The molecule has 0 aromatic carbocycles. The number of carbonyl (C=O) groups is 3. The van der Waals surface area contributed by atoms with Crippen molar-refractivity contribution in [2.24, 2.45) is 0 Å². The van der Waals surface area contributed by atoms with Crippen LogP contribution in [0.4, 0.5) is 0 Å². The number of unbranched alkanes of at least 4 members (excludes halogenated alkanes) is 20. The van der Waals surface area contributed by atoms with Crippen molar-refractivity contribution < 1.29 is 28.6 Å². The van der Waals surface area contributed by atoms with Crippen LogP contribution >= 0.6 is 0 Å². The number of hydrogen-bond acceptors (Lipinski definition) is 6. The van der Waals surface area contributed by atoms with Gasteiger partial charge in [-0.15, -0.1) is 0 Å². The van der Waals surface area contributed by atoms with Crippen molar-refractivity contribution >= 4 is 17.9 Å². The van der Waals surface area contributed by atoms with E-state index in [-0.39, 0.29) is 31.1 Å². The second-order valence-electron chi connectivity index (χ2n) is 18.1. The number of rotatable bonds is 49. The van der Waals surface area contributed by atoms with Crippen LogP contribution in [0.25, 0.3) is 0 Å². The topological polar surface area (TPSA) is 78.9 Å². The summed E-state index contributed by atoms with van der Waals surface area (Å²) >= 11 is 0. The summed E-state index contributed by atoms with van der Waals surface area (Å²) in [7, 11) is 0. The average Bonchev–Trinajstić information content (AvgIpc) is 3.34. The summed E-state index contributed by atoms with van der Waals surface area (Å²) in [4.78, 5) is 37.8. The molecule has 0 rings (SSSR count). The highest BCUT2D eigenvalue weighted by Gasteiger charge is 2.19. The van der Waals surface area contributed by atoms with E-state index in [4.69, 9.17) is 14.2 Å². The van der Waals surface area contributed by atoms with Crippen LogP contribution in [0.3, 0.4) is 0 Å². The molecule has 0 aliphatic heterocycles. The molecule has 0 amide bonds. The van der Waals surface area contributed by atoms with Crippen LogP contribution in [-0.2, 0) is 28.6 Å². The van der Waals surface area contributed by atoms with Gasteiger partial charge in [0.1, 0.15) is 13.2 Å². The van der Waals surface area contributed by atoms with E-state index in [1.165, 1.54) is 83.5 Å². The molecular formula is C62H102O6. The van der Waals surface area contributed by atoms with E-state index in [0.29, 0.717) is 19.3 Å². The van der Waals surface area contributed by atoms with Crippen LogP contribution in [-0.4, -0.2) is 37.2 Å². The molecule has 0 fully saturated rings. The molecule has 0 heterocycles. The molecule has 0 aliphatic carbocycles. The zero-order valence-corrected chi connectivity index (χ0v) is 44.1. The van der Waals surface area contributed by atoms with Crippen molar-refractivity contribution in [2.45, 2.75) is 252 Å². The van der Waals surface area contributed by atoms with Gasteiger partial charge in [0.05, 0.1) is 0 Å². The monoisotopic (exact) mass is 943 g/mol. The van der Waals surface area contributed by atoms with Crippen LogP contribution in [0.5, 0.6) is 0 Å². The predicted octanol–water partition coefficient (Wildman–Crippen LogP) is 18.7. The lowest BCUT2D eigenvalue weighted by Crippen LogP contribution is -2.30. The third-order valence-corrected chi connectivity index (χ3v) is 11.5. The van der Waals surface area contributed by atoms with Gasteiger partial charge in [-0.3, -0.25) is 14.4 Å². The summed E-state index contributed by atoms with van der Waals surface area (Å²) in [5, 5.41) is 0. The van der Waals surface area contributed by atoms with E-state index in [2.05, 4.69) is 130 Å². The van der Waals surface area contributed by atoms with E-state index >= 15 is 0 Å². The smallest absolute Gasteiger partial charge is 0.306 e. The van der Waals surface area contributed by atoms with E-state index in [1.807, 2.05) is 0 Å². The van der Waals surface area contributed by atoms with E-state index in [9.17, 15) is 14.4 Å². The largest absolute Gasteiger partial charge is 0.462 e. The fraction of sp³-hybridized carbons (Fsp3) is 0.661. The van der Waals surface area contributed by atoms with Gasteiger partial charge in [-0.05, 0) is 103 Å². The standard InChI is InChI=1S/C62H102O6/c1-4-7-10-13-16-18-20-22-23-24-25-26-27-28-29-30-31-32-33-34-35-36-37-38-39-41-42-44-46-49-52-55-61(64)67-58-59(57-66-60(63)54-51-48-15-12-9-6-3)68-62(65)56-53-50-47-45-43-40-21-19-17-14-11-8-5-2/h7-8,10-11,16-19,22-23,25-26,28-29,31-32,40,43,59H,4-6,9,12-15,20-21,24,27,30,33-39,41-42,44-58H2,1-3H3/b10-7-,11-8-,18-16-,19-17-,23-22-,26-25-,29-28-,32-31-,43-40-. The second kappa shape index (κ2) is 55.7. The fourth-order valence-electron chi connectivity index (χ4n) is 7.40. The highest BCUT2D eigenvalue weighted by molar-refractivity contribution is 5.71. The molecular weight excluding hydrogens is 841 g/mol. The molecule has 0 radical (unpaired) electrons. The summed E-state index contributed by atoms with van der Waals surface area (Å²) < 4.78 is 16.7. The lowest BCUT2D eigenvalue weighted by molar-refractivity contribution is -0.167. The first-order valence-corrected chi connectivity index (χ1v) is 27.9. The highest BCUT2D eigenvalue weighted by Crippen LogP contribution is 2.15. The Balaban J connectivity index is 4.07. The lowest BCUT2D eigenvalue weighted by Gasteiger charge is -2.18. The number of ether oxygens (including phenoxy) is 3. The number of allylic oxidation sites excluding steroid dienone is 18. The van der Waals surface area contributed by atoms with Gasteiger partial charge in [-0.25, -0.2) is 0 Å². The van der Waals surface area contributed by atoms with Gasteiger partial charge in [0.15, 0.2) is 6.10 Å². The highest BCUT2D eigenvalue weighted by atomic mass is 16.6. The molecule has 0 N–H and O–H groups in total. The Kier molecular flexibility index (Phi) is 52.4. The summed E-state index contributed by atoms with van der Waals surface area (Å²) in [5.41, 5.74) is 0. The van der Waals surface area contributed by atoms with Crippen molar-refractivity contribution in [3.05, 3.63) is 109 Å². The molecule has 0 spiro atoms. The Morgan fingerprint density at radius 3 is 0.912 bits per heavy atom. The van der Waals surface area contributed by atoms with Gasteiger partial charge >= 0.3 is 17.9 Å². The fourth-order valence-corrected chi connectivity index (χ4v) is 7.40. The van der Waals surface area contributed by atoms with E-state index in [1.54, 1.807) is 0 Å². The lowest BCUT2D eigenvalue weighted by atomic mass is 10.0. The second-order valence-corrected chi connectivity index (χ2v) is 18.1. The quantitative estimate of drug-likeness (QED) is 0.0262. The molecule has 0 aromatic heterocycles. The maximum atomic E-state index is 12.7. The number of hydrogen-bond donors (Lipinski definition) is 0. The minimum Gasteiger partial charge on any atom is -0.462 e.